The SMILES string of the molecule is CCOC(=O)Cn1c(=NC(=O)C2CCCN2S(=O)(=O)c2ccc(Cl)cc2)sc2cc(F)cc(F)c21. The molecule has 1 atom stereocenters. The topological polar surface area (TPSA) is 98.0 Å². The van der Waals surface area contributed by atoms with E-state index < -0.39 is 46.1 Å². The number of aromatic nitrogens is 1. The summed E-state index contributed by atoms with van der Waals surface area (Å²) in [7, 11) is -4.01. The monoisotopic (exact) mass is 543 g/mol. The van der Waals surface area contributed by atoms with E-state index in [0.717, 1.165) is 26.3 Å². The number of benzene rings is 2. The lowest BCUT2D eigenvalue weighted by molar-refractivity contribution is -0.143. The van der Waals surface area contributed by atoms with Crippen molar-refractivity contribution in [3.05, 3.63) is 57.9 Å². The van der Waals surface area contributed by atoms with Gasteiger partial charge in [0.05, 0.1) is 21.7 Å². The average Bonchev–Trinajstić information content (AvgIpc) is 3.40. The Balaban J connectivity index is 1.75. The zero-order chi connectivity index (χ0) is 25.3. The van der Waals surface area contributed by atoms with E-state index in [1.54, 1.807) is 6.92 Å². The van der Waals surface area contributed by atoms with Crippen molar-refractivity contribution in [2.45, 2.75) is 37.2 Å². The fourth-order valence-corrected chi connectivity index (χ4v) is 6.73. The van der Waals surface area contributed by atoms with Crippen molar-refractivity contribution in [3.63, 3.8) is 0 Å². The molecule has 0 bridgehead atoms. The number of ether oxygens (including phenoxy) is 1. The summed E-state index contributed by atoms with van der Waals surface area (Å²) in [4.78, 5) is 29.3. The van der Waals surface area contributed by atoms with Crippen LogP contribution < -0.4 is 4.80 Å². The maximum atomic E-state index is 14.6. The first-order valence-electron chi connectivity index (χ1n) is 10.6. The standard InChI is InChI=1S/C22H20ClF2N3O5S2/c1-2-33-19(29)12-27-20-16(25)10-14(24)11-18(20)34-22(27)26-21(30)17-4-3-9-28(17)35(31,32)15-7-5-13(23)6-8-15/h5-8,10-11,17H,2-4,9,12H2,1H3. The van der Waals surface area contributed by atoms with Gasteiger partial charge in [0.15, 0.2) is 10.6 Å². The van der Waals surface area contributed by atoms with Crippen molar-refractivity contribution in [1.82, 2.24) is 8.87 Å². The summed E-state index contributed by atoms with van der Waals surface area (Å²) in [5.74, 6) is -3.22. The average molecular weight is 544 g/mol. The van der Waals surface area contributed by atoms with E-state index in [0.29, 0.717) is 17.5 Å². The first kappa shape index (κ1) is 25.4. The van der Waals surface area contributed by atoms with Crippen LogP contribution in [0.2, 0.25) is 5.02 Å². The largest absolute Gasteiger partial charge is 0.465 e. The van der Waals surface area contributed by atoms with Crippen molar-refractivity contribution in [2.24, 2.45) is 4.99 Å². The number of esters is 1. The number of amides is 1. The summed E-state index contributed by atoms with van der Waals surface area (Å²) in [5, 5.41) is 0.368. The molecule has 186 valence electrons. The Hall–Kier alpha value is -2.67. The van der Waals surface area contributed by atoms with Gasteiger partial charge < -0.3 is 9.30 Å². The van der Waals surface area contributed by atoms with Gasteiger partial charge in [-0.25, -0.2) is 17.2 Å². The van der Waals surface area contributed by atoms with Crippen molar-refractivity contribution in [3.8, 4) is 0 Å². The van der Waals surface area contributed by atoms with Gasteiger partial charge in [0.25, 0.3) is 5.91 Å². The molecule has 0 N–H and O–H groups in total. The van der Waals surface area contributed by atoms with E-state index in [4.69, 9.17) is 16.3 Å². The molecule has 0 radical (unpaired) electrons. The van der Waals surface area contributed by atoms with Crippen LogP contribution in [-0.4, -0.2) is 48.4 Å². The number of rotatable bonds is 6. The molecule has 1 fully saturated rings. The third-order valence-electron chi connectivity index (χ3n) is 5.40. The van der Waals surface area contributed by atoms with Crippen LogP contribution in [0.5, 0.6) is 0 Å². The summed E-state index contributed by atoms with van der Waals surface area (Å²) in [5.41, 5.74) is -0.104. The Morgan fingerprint density at radius 1 is 1.23 bits per heavy atom. The lowest BCUT2D eigenvalue weighted by Crippen LogP contribution is -2.40. The molecule has 3 aromatic rings. The maximum absolute atomic E-state index is 14.6. The normalized spacial score (nSPS) is 17.3. The molecule has 0 spiro atoms. The van der Waals surface area contributed by atoms with Crippen LogP contribution in [0, 0.1) is 11.6 Å². The van der Waals surface area contributed by atoms with Crippen molar-refractivity contribution >= 4 is 55.1 Å². The molecule has 13 heteroatoms. The van der Waals surface area contributed by atoms with E-state index in [2.05, 4.69) is 4.99 Å². The quantitative estimate of drug-likeness (QED) is 0.443. The molecule has 1 aromatic heterocycles. The highest BCUT2D eigenvalue weighted by atomic mass is 35.5. The number of hydrogen-bond donors (Lipinski definition) is 0. The van der Waals surface area contributed by atoms with E-state index in [-0.39, 0.29) is 39.5 Å². The fourth-order valence-electron chi connectivity index (χ4n) is 3.88. The van der Waals surface area contributed by atoms with E-state index in [1.807, 2.05) is 0 Å². The number of carbonyl (C=O) groups is 2. The first-order chi connectivity index (χ1) is 16.6. The fraction of sp³-hybridized carbons (Fsp3) is 0.318. The molecule has 8 nitrogen and oxygen atoms in total. The third kappa shape index (κ3) is 5.15. The molecular formula is C22H20ClF2N3O5S2. The Bertz CT molecular complexity index is 1470. The molecular weight excluding hydrogens is 524 g/mol. The van der Waals surface area contributed by atoms with Crippen molar-refractivity contribution in [2.75, 3.05) is 13.2 Å². The predicted octanol–water partition coefficient (Wildman–Crippen LogP) is 3.48. The highest BCUT2D eigenvalue weighted by molar-refractivity contribution is 7.89. The minimum atomic E-state index is -4.01. The van der Waals surface area contributed by atoms with Crippen LogP contribution in [0.1, 0.15) is 19.8 Å². The molecule has 2 aromatic carbocycles. The Kier molecular flexibility index (Phi) is 7.36. The van der Waals surface area contributed by atoms with Gasteiger partial charge >= 0.3 is 5.97 Å². The predicted molar refractivity (Wildman–Crippen MR) is 125 cm³/mol. The molecule has 0 saturated carbocycles. The maximum Gasteiger partial charge on any atom is 0.326 e. The van der Waals surface area contributed by atoms with E-state index >= 15 is 0 Å². The molecule has 1 aliphatic heterocycles. The van der Waals surface area contributed by atoms with Crippen LogP contribution in [0.4, 0.5) is 8.78 Å². The summed E-state index contributed by atoms with van der Waals surface area (Å²) < 4.78 is 62.0. The Morgan fingerprint density at radius 3 is 2.63 bits per heavy atom. The summed E-state index contributed by atoms with van der Waals surface area (Å²) in [6, 6.07) is 6.24. The number of sulfonamides is 1. The number of nitrogens with zero attached hydrogens (tertiary/aromatic N) is 3. The van der Waals surface area contributed by atoms with Gasteiger partial charge in [-0.05, 0) is 50.1 Å². The molecule has 1 saturated heterocycles. The van der Waals surface area contributed by atoms with Gasteiger partial charge in [-0.2, -0.15) is 9.30 Å². The van der Waals surface area contributed by atoms with Gasteiger partial charge in [-0.3, -0.25) is 9.59 Å². The van der Waals surface area contributed by atoms with Gasteiger partial charge in [0.1, 0.15) is 18.4 Å². The number of fused-ring (bicyclic) bond motifs is 1. The molecule has 1 amide bonds. The van der Waals surface area contributed by atoms with E-state index in [9.17, 15) is 26.8 Å². The highest BCUT2D eigenvalue weighted by Gasteiger charge is 2.39. The van der Waals surface area contributed by atoms with Crippen LogP contribution in [-0.2, 0) is 30.9 Å². The second-order valence-electron chi connectivity index (χ2n) is 7.69. The molecule has 0 aliphatic carbocycles. The minimum Gasteiger partial charge on any atom is -0.465 e. The number of carbonyl (C=O) groups excluding carboxylic acids is 2. The van der Waals surface area contributed by atoms with Gasteiger partial charge in [0, 0.05) is 17.6 Å². The second-order valence-corrected chi connectivity index (χ2v) is 11.0. The Morgan fingerprint density at radius 2 is 1.94 bits per heavy atom. The van der Waals surface area contributed by atoms with Crippen LogP contribution in [0.3, 0.4) is 0 Å². The zero-order valence-corrected chi connectivity index (χ0v) is 20.8. The molecule has 1 unspecified atom stereocenters. The van der Waals surface area contributed by atoms with E-state index in [1.165, 1.54) is 24.3 Å². The molecule has 4 rings (SSSR count). The summed E-state index contributed by atoms with van der Waals surface area (Å²) >= 11 is 6.67. The van der Waals surface area contributed by atoms with Crippen LogP contribution >= 0.6 is 22.9 Å². The van der Waals surface area contributed by atoms with Crippen molar-refractivity contribution in [1.29, 1.82) is 0 Å². The lowest BCUT2D eigenvalue weighted by Gasteiger charge is -2.21. The summed E-state index contributed by atoms with van der Waals surface area (Å²) in [6.07, 6.45) is 0.675. The van der Waals surface area contributed by atoms with Gasteiger partial charge in [0.2, 0.25) is 10.0 Å². The second kappa shape index (κ2) is 10.1. The number of hydrogen-bond acceptors (Lipinski definition) is 6. The molecule has 35 heavy (non-hydrogen) atoms. The lowest BCUT2D eigenvalue weighted by atomic mass is 10.2. The smallest absolute Gasteiger partial charge is 0.326 e. The highest BCUT2D eigenvalue weighted by Crippen LogP contribution is 2.28. The zero-order valence-electron chi connectivity index (χ0n) is 18.4. The molecule has 1 aliphatic rings. The van der Waals surface area contributed by atoms with Crippen LogP contribution in [0.25, 0.3) is 10.2 Å². The van der Waals surface area contributed by atoms with Crippen molar-refractivity contribution < 1.29 is 31.5 Å². The summed E-state index contributed by atoms with van der Waals surface area (Å²) in [6.45, 7) is 1.35. The van der Waals surface area contributed by atoms with Gasteiger partial charge in [-0.1, -0.05) is 22.9 Å². The third-order valence-corrected chi connectivity index (χ3v) is 8.60. The minimum absolute atomic E-state index is 0.0154. The molecule has 2 heterocycles. The number of halogens is 3. The first-order valence-corrected chi connectivity index (χ1v) is 13.2. The Labute approximate surface area is 208 Å². The van der Waals surface area contributed by atoms with Crippen LogP contribution in [0.15, 0.2) is 46.3 Å². The number of thiazole rings is 1. The van der Waals surface area contributed by atoms with Gasteiger partial charge in [-0.15, -0.1) is 0 Å².